The van der Waals surface area contributed by atoms with Crippen LogP contribution in [0.1, 0.15) is 24.0 Å². The maximum absolute atomic E-state index is 12.8. The Hall–Kier alpha value is -1.91. The van der Waals surface area contributed by atoms with E-state index in [0.29, 0.717) is 24.9 Å². The van der Waals surface area contributed by atoms with E-state index < -0.39 is 27.7 Å². The Morgan fingerprint density at radius 1 is 1.24 bits per heavy atom. The molecule has 1 unspecified atom stereocenters. The third kappa shape index (κ3) is 4.99. The lowest BCUT2D eigenvalue weighted by Gasteiger charge is -2.33. The van der Waals surface area contributed by atoms with E-state index in [1.165, 1.54) is 21.3 Å². The van der Waals surface area contributed by atoms with Gasteiger partial charge in [0.25, 0.3) is 10.0 Å². The van der Waals surface area contributed by atoms with E-state index >= 15 is 0 Å². The van der Waals surface area contributed by atoms with Crippen LogP contribution in [-0.2, 0) is 27.5 Å². The summed E-state index contributed by atoms with van der Waals surface area (Å²) in [7, 11) is -2.04. The van der Waals surface area contributed by atoms with Crippen molar-refractivity contribution in [1.82, 2.24) is 9.21 Å². The van der Waals surface area contributed by atoms with Crippen LogP contribution in [0.2, 0.25) is 0 Å². The summed E-state index contributed by atoms with van der Waals surface area (Å²) >= 11 is 1.14. The molecule has 1 saturated heterocycles. The highest BCUT2D eigenvalue weighted by atomic mass is 32.2. The van der Waals surface area contributed by atoms with Crippen molar-refractivity contribution in [3.05, 3.63) is 52.9 Å². The van der Waals surface area contributed by atoms with Crippen LogP contribution in [0, 0.1) is 5.92 Å². The van der Waals surface area contributed by atoms with Gasteiger partial charge in [0.2, 0.25) is 5.91 Å². The molecule has 0 radical (unpaired) electrons. The number of nitrogens with zero attached hydrogens (tertiary/aromatic N) is 2. The number of amides is 1. The Kier molecular flexibility index (Phi) is 6.35. The Balaban J connectivity index is 1.65. The lowest BCUT2D eigenvalue weighted by molar-refractivity contribution is -0.138. The Bertz CT molecular complexity index is 942. The first-order valence-electron chi connectivity index (χ1n) is 9.04. The van der Waals surface area contributed by atoms with Gasteiger partial charge in [-0.05, 0) is 42.0 Å². The predicted molar refractivity (Wildman–Crippen MR) is 104 cm³/mol. The molecule has 0 bridgehead atoms. The van der Waals surface area contributed by atoms with E-state index in [4.69, 9.17) is 0 Å². The summed E-state index contributed by atoms with van der Waals surface area (Å²) in [6, 6.07) is 7.89. The number of thiophene rings is 1. The first kappa shape index (κ1) is 21.8. The fourth-order valence-electron chi connectivity index (χ4n) is 3.36. The Labute approximate surface area is 171 Å². The van der Waals surface area contributed by atoms with Gasteiger partial charge in [0.1, 0.15) is 4.21 Å². The fraction of sp³-hybridized carbons (Fsp3) is 0.421. The van der Waals surface area contributed by atoms with Crippen molar-refractivity contribution in [2.75, 3.05) is 20.1 Å². The van der Waals surface area contributed by atoms with Crippen LogP contribution in [0.3, 0.4) is 0 Å². The van der Waals surface area contributed by atoms with Gasteiger partial charge in [0.05, 0.1) is 11.5 Å². The standard InChI is InChI=1S/C19H21F3N2O3S2/c1-23(12-14-6-8-16(9-7-14)19(20,21)22)18(25)15-4-2-10-24(13-15)29(26,27)17-5-3-11-28-17/h3,5-9,11,15H,2,4,10,12-13H2,1H3. The topological polar surface area (TPSA) is 57.7 Å². The van der Waals surface area contributed by atoms with Gasteiger partial charge in [0.15, 0.2) is 0 Å². The minimum Gasteiger partial charge on any atom is -0.341 e. The fourth-order valence-corrected chi connectivity index (χ4v) is 6.03. The van der Waals surface area contributed by atoms with Crippen molar-refractivity contribution >= 4 is 27.3 Å². The zero-order valence-electron chi connectivity index (χ0n) is 15.7. The molecule has 0 spiro atoms. The third-order valence-electron chi connectivity index (χ3n) is 4.90. The van der Waals surface area contributed by atoms with Gasteiger partial charge in [-0.2, -0.15) is 17.5 Å². The molecule has 1 atom stereocenters. The summed E-state index contributed by atoms with van der Waals surface area (Å²) in [6.45, 7) is 0.633. The van der Waals surface area contributed by atoms with Crippen molar-refractivity contribution < 1.29 is 26.4 Å². The van der Waals surface area contributed by atoms with E-state index in [0.717, 1.165) is 23.5 Å². The number of halogens is 3. The summed E-state index contributed by atoms with van der Waals surface area (Å²) in [5.74, 6) is -0.686. The normalized spacial score (nSPS) is 18.6. The van der Waals surface area contributed by atoms with Crippen LogP contribution in [0.25, 0.3) is 0 Å². The molecule has 2 aromatic rings. The highest BCUT2D eigenvalue weighted by molar-refractivity contribution is 7.91. The zero-order chi connectivity index (χ0) is 21.2. The molecule has 10 heteroatoms. The lowest BCUT2D eigenvalue weighted by Crippen LogP contribution is -2.45. The highest BCUT2D eigenvalue weighted by Crippen LogP contribution is 2.30. The number of benzene rings is 1. The molecule has 1 aliphatic rings. The number of carbonyl (C=O) groups excluding carboxylic acids is 1. The molecule has 0 N–H and O–H groups in total. The number of hydrogen-bond acceptors (Lipinski definition) is 4. The molecule has 1 aromatic carbocycles. The number of carbonyl (C=O) groups is 1. The average Bonchev–Trinajstić information content (AvgIpc) is 3.23. The largest absolute Gasteiger partial charge is 0.416 e. The molecule has 1 amide bonds. The van der Waals surface area contributed by atoms with Crippen molar-refractivity contribution in [1.29, 1.82) is 0 Å². The van der Waals surface area contributed by atoms with E-state index in [2.05, 4.69) is 0 Å². The van der Waals surface area contributed by atoms with Gasteiger partial charge in [0, 0.05) is 26.7 Å². The number of piperidine rings is 1. The first-order valence-corrected chi connectivity index (χ1v) is 11.4. The second-order valence-corrected chi connectivity index (χ2v) is 10.1. The highest BCUT2D eigenvalue weighted by Gasteiger charge is 2.35. The van der Waals surface area contributed by atoms with Crippen LogP contribution in [0.5, 0.6) is 0 Å². The monoisotopic (exact) mass is 446 g/mol. The SMILES string of the molecule is CN(Cc1ccc(C(F)(F)F)cc1)C(=O)C1CCCN(S(=O)(=O)c2cccs2)C1. The van der Waals surface area contributed by atoms with Crippen LogP contribution >= 0.6 is 11.3 Å². The molecular formula is C19H21F3N2O3S2. The minimum atomic E-state index is -4.40. The second kappa shape index (κ2) is 8.45. The molecule has 1 aliphatic heterocycles. The summed E-state index contributed by atoms with van der Waals surface area (Å²) in [5, 5.41) is 1.69. The molecule has 5 nitrogen and oxygen atoms in total. The van der Waals surface area contributed by atoms with Gasteiger partial charge < -0.3 is 4.90 Å². The van der Waals surface area contributed by atoms with Crippen LogP contribution in [-0.4, -0.2) is 43.7 Å². The first-order chi connectivity index (χ1) is 13.6. The van der Waals surface area contributed by atoms with Gasteiger partial charge in [-0.25, -0.2) is 8.42 Å². The van der Waals surface area contributed by atoms with Crippen molar-refractivity contribution in [3.8, 4) is 0 Å². The van der Waals surface area contributed by atoms with Gasteiger partial charge >= 0.3 is 6.18 Å². The molecule has 3 rings (SSSR count). The molecule has 158 valence electrons. The summed E-state index contributed by atoms with van der Waals surface area (Å²) in [4.78, 5) is 14.3. The number of sulfonamides is 1. The summed E-state index contributed by atoms with van der Waals surface area (Å²) < 4.78 is 65.0. The summed E-state index contributed by atoms with van der Waals surface area (Å²) in [5.41, 5.74) is -0.162. The van der Waals surface area contributed by atoms with Gasteiger partial charge in [-0.3, -0.25) is 4.79 Å². The van der Waals surface area contributed by atoms with Crippen LogP contribution in [0.15, 0.2) is 46.0 Å². The molecule has 0 saturated carbocycles. The smallest absolute Gasteiger partial charge is 0.341 e. The van der Waals surface area contributed by atoms with E-state index in [-0.39, 0.29) is 23.2 Å². The van der Waals surface area contributed by atoms with Gasteiger partial charge in [-0.1, -0.05) is 18.2 Å². The molecule has 0 aliphatic carbocycles. The van der Waals surface area contributed by atoms with Gasteiger partial charge in [-0.15, -0.1) is 11.3 Å². The molecule has 2 heterocycles. The third-order valence-corrected chi connectivity index (χ3v) is 8.14. The molecule has 1 fully saturated rings. The Morgan fingerprint density at radius 3 is 2.52 bits per heavy atom. The maximum Gasteiger partial charge on any atom is 0.416 e. The summed E-state index contributed by atoms with van der Waals surface area (Å²) in [6.07, 6.45) is -3.25. The van der Waals surface area contributed by atoms with E-state index in [1.54, 1.807) is 24.6 Å². The van der Waals surface area contributed by atoms with Crippen molar-refractivity contribution in [2.24, 2.45) is 5.92 Å². The zero-order valence-corrected chi connectivity index (χ0v) is 17.4. The van der Waals surface area contributed by atoms with E-state index in [9.17, 15) is 26.4 Å². The van der Waals surface area contributed by atoms with Crippen LogP contribution in [0.4, 0.5) is 13.2 Å². The number of hydrogen-bond donors (Lipinski definition) is 0. The molecular weight excluding hydrogens is 425 g/mol. The van der Waals surface area contributed by atoms with E-state index in [1.807, 2.05) is 0 Å². The quantitative estimate of drug-likeness (QED) is 0.702. The average molecular weight is 447 g/mol. The lowest BCUT2D eigenvalue weighted by atomic mass is 9.98. The molecule has 1 aromatic heterocycles. The van der Waals surface area contributed by atoms with Crippen molar-refractivity contribution in [2.45, 2.75) is 29.8 Å². The second-order valence-electron chi connectivity index (χ2n) is 7.02. The maximum atomic E-state index is 12.8. The van der Waals surface area contributed by atoms with Crippen molar-refractivity contribution in [3.63, 3.8) is 0 Å². The molecule has 29 heavy (non-hydrogen) atoms. The number of rotatable bonds is 5. The predicted octanol–water partition coefficient (Wildman–Crippen LogP) is 3.83. The van der Waals surface area contributed by atoms with Crippen LogP contribution < -0.4 is 0 Å². The minimum absolute atomic E-state index is 0.108. The Morgan fingerprint density at radius 2 is 1.93 bits per heavy atom. The number of alkyl halides is 3.